The smallest absolute Gasteiger partial charge is 0.175 e. The molecule has 0 aromatic heterocycles. The van der Waals surface area contributed by atoms with E-state index in [0.717, 1.165) is 15.8 Å². The van der Waals surface area contributed by atoms with Gasteiger partial charge in [-0.25, -0.2) is 0 Å². The number of anilines is 2. The van der Waals surface area contributed by atoms with Crippen molar-refractivity contribution >= 4 is 44.6 Å². The predicted octanol–water partition coefficient (Wildman–Crippen LogP) is 3.96. The van der Waals surface area contributed by atoms with Gasteiger partial charge in [0.05, 0.1) is 0 Å². The summed E-state index contributed by atoms with van der Waals surface area (Å²) in [6.45, 7) is 0. The van der Waals surface area contributed by atoms with Gasteiger partial charge in [-0.3, -0.25) is 0 Å². The van der Waals surface area contributed by atoms with Gasteiger partial charge in [0, 0.05) is 21.9 Å². The van der Waals surface area contributed by atoms with Crippen LogP contribution in [0.2, 0.25) is 0 Å². The maximum Gasteiger partial charge on any atom is 0.175 e. The molecule has 2 aromatic rings. The summed E-state index contributed by atoms with van der Waals surface area (Å²) in [5.41, 5.74) is 1.64. The van der Waals surface area contributed by atoms with Gasteiger partial charge in [-0.2, -0.15) is 0 Å². The zero-order chi connectivity index (χ0) is 13.0. The highest BCUT2D eigenvalue weighted by Crippen LogP contribution is 2.17. The highest BCUT2D eigenvalue weighted by Gasteiger charge is 1.99. The van der Waals surface area contributed by atoms with Crippen LogP contribution in [0.15, 0.2) is 53.0 Å². The SMILES string of the molecule is Oc1cccc(NC(=S)Nc2ccc(Br)cc2)c1. The molecular formula is C13H11BrN2OS. The number of phenolic OH excluding ortho intramolecular Hbond substituents is 1. The fourth-order valence-corrected chi connectivity index (χ4v) is 1.91. The number of nitrogens with one attached hydrogen (secondary N) is 2. The summed E-state index contributed by atoms with van der Waals surface area (Å²) in [5.74, 6) is 0.200. The molecule has 2 aromatic carbocycles. The van der Waals surface area contributed by atoms with Gasteiger partial charge in [0.15, 0.2) is 5.11 Å². The van der Waals surface area contributed by atoms with Crippen molar-refractivity contribution in [2.45, 2.75) is 0 Å². The molecule has 2 rings (SSSR count). The number of hydrogen-bond acceptors (Lipinski definition) is 2. The van der Waals surface area contributed by atoms with Crippen LogP contribution in [0.1, 0.15) is 0 Å². The van der Waals surface area contributed by atoms with Crippen molar-refractivity contribution < 1.29 is 5.11 Å². The molecule has 0 amide bonds. The average Bonchev–Trinajstić information content (AvgIpc) is 2.32. The molecule has 0 unspecified atom stereocenters. The predicted molar refractivity (Wildman–Crippen MR) is 82.1 cm³/mol. The number of hydrogen-bond donors (Lipinski definition) is 3. The highest BCUT2D eigenvalue weighted by atomic mass is 79.9. The second kappa shape index (κ2) is 5.84. The van der Waals surface area contributed by atoms with E-state index in [2.05, 4.69) is 26.6 Å². The highest BCUT2D eigenvalue weighted by molar-refractivity contribution is 9.10. The van der Waals surface area contributed by atoms with Gasteiger partial charge >= 0.3 is 0 Å². The Bertz CT molecular complexity index is 557. The van der Waals surface area contributed by atoms with Crippen molar-refractivity contribution in [2.75, 3.05) is 10.6 Å². The lowest BCUT2D eigenvalue weighted by atomic mass is 10.3. The van der Waals surface area contributed by atoms with E-state index in [-0.39, 0.29) is 5.75 Å². The van der Waals surface area contributed by atoms with Gasteiger partial charge in [-0.05, 0) is 48.6 Å². The quantitative estimate of drug-likeness (QED) is 0.732. The van der Waals surface area contributed by atoms with Gasteiger partial charge < -0.3 is 15.7 Å². The fraction of sp³-hybridized carbons (Fsp3) is 0. The minimum atomic E-state index is 0.200. The largest absolute Gasteiger partial charge is 0.508 e. The summed E-state index contributed by atoms with van der Waals surface area (Å²) in [4.78, 5) is 0. The molecule has 18 heavy (non-hydrogen) atoms. The van der Waals surface area contributed by atoms with E-state index < -0.39 is 0 Å². The molecule has 0 bridgehead atoms. The summed E-state index contributed by atoms with van der Waals surface area (Å²) in [6.07, 6.45) is 0. The van der Waals surface area contributed by atoms with Crippen LogP contribution in [0.4, 0.5) is 11.4 Å². The molecule has 0 spiro atoms. The number of halogens is 1. The van der Waals surface area contributed by atoms with Crippen molar-refractivity contribution in [3.63, 3.8) is 0 Å². The van der Waals surface area contributed by atoms with E-state index in [1.807, 2.05) is 30.3 Å². The number of rotatable bonds is 2. The molecule has 92 valence electrons. The van der Waals surface area contributed by atoms with Crippen molar-refractivity contribution in [3.8, 4) is 5.75 Å². The van der Waals surface area contributed by atoms with Crippen LogP contribution < -0.4 is 10.6 Å². The molecular weight excluding hydrogens is 312 g/mol. The Labute approximate surface area is 119 Å². The van der Waals surface area contributed by atoms with Crippen LogP contribution in [0.5, 0.6) is 5.75 Å². The van der Waals surface area contributed by atoms with Gasteiger partial charge in [0.25, 0.3) is 0 Å². The first-order valence-electron chi connectivity index (χ1n) is 5.26. The summed E-state index contributed by atoms with van der Waals surface area (Å²) in [6, 6.07) is 14.5. The Morgan fingerprint density at radius 1 is 1.00 bits per heavy atom. The van der Waals surface area contributed by atoms with Crippen molar-refractivity contribution in [1.29, 1.82) is 0 Å². The third kappa shape index (κ3) is 3.72. The third-order valence-electron chi connectivity index (χ3n) is 2.21. The molecule has 0 saturated carbocycles. The molecule has 3 N–H and O–H groups in total. The van der Waals surface area contributed by atoms with E-state index in [4.69, 9.17) is 12.2 Å². The molecule has 0 aliphatic carbocycles. The van der Waals surface area contributed by atoms with Crippen LogP contribution >= 0.6 is 28.1 Å². The molecule has 0 heterocycles. The summed E-state index contributed by atoms with van der Waals surface area (Å²) >= 11 is 8.55. The van der Waals surface area contributed by atoms with Crippen molar-refractivity contribution in [2.24, 2.45) is 0 Å². The van der Waals surface area contributed by atoms with Crippen LogP contribution in [0.25, 0.3) is 0 Å². The molecule has 0 fully saturated rings. The minimum Gasteiger partial charge on any atom is -0.508 e. The number of aromatic hydroxyl groups is 1. The van der Waals surface area contributed by atoms with Gasteiger partial charge in [-0.15, -0.1) is 0 Å². The van der Waals surface area contributed by atoms with E-state index >= 15 is 0 Å². The minimum absolute atomic E-state index is 0.200. The second-order valence-corrected chi connectivity index (χ2v) is 4.96. The zero-order valence-corrected chi connectivity index (χ0v) is 11.8. The van der Waals surface area contributed by atoms with Gasteiger partial charge in [0.2, 0.25) is 0 Å². The molecule has 0 atom stereocenters. The number of benzene rings is 2. The van der Waals surface area contributed by atoms with Crippen LogP contribution in [0, 0.1) is 0 Å². The summed E-state index contributed by atoms with van der Waals surface area (Å²) < 4.78 is 1.01. The van der Waals surface area contributed by atoms with Crippen LogP contribution in [-0.2, 0) is 0 Å². The first kappa shape index (κ1) is 12.9. The first-order chi connectivity index (χ1) is 8.63. The lowest BCUT2D eigenvalue weighted by molar-refractivity contribution is 0.475. The average molecular weight is 323 g/mol. The zero-order valence-electron chi connectivity index (χ0n) is 9.35. The molecule has 0 radical (unpaired) electrons. The van der Waals surface area contributed by atoms with E-state index in [1.165, 1.54) is 0 Å². The number of thiocarbonyl (C=S) groups is 1. The monoisotopic (exact) mass is 322 g/mol. The number of phenols is 1. The molecule has 3 nitrogen and oxygen atoms in total. The Balaban J connectivity index is 1.98. The molecule has 5 heteroatoms. The van der Waals surface area contributed by atoms with Gasteiger partial charge in [-0.1, -0.05) is 22.0 Å². The molecule has 0 aliphatic rings. The van der Waals surface area contributed by atoms with Crippen molar-refractivity contribution in [1.82, 2.24) is 0 Å². The van der Waals surface area contributed by atoms with Gasteiger partial charge in [0.1, 0.15) is 5.75 Å². The van der Waals surface area contributed by atoms with E-state index in [0.29, 0.717) is 5.11 Å². The van der Waals surface area contributed by atoms with Crippen molar-refractivity contribution in [3.05, 3.63) is 53.0 Å². The lowest BCUT2D eigenvalue weighted by Crippen LogP contribution is -2.18. The maximum absolute atomic E-state index is 9.34. The maximum atomic E-state index is 9.34. The standard InChI is InChI=1S/C13H11BrN2OS/c14-9-4-6-10(7-5-9)15-13(18)16-11-2-1-3-12(17)8-11/h1-8,17H,(H2,15,16,18). The topological polar surface area (TPSA) is 44.3 Å². The Hall–Kier alpha value is -1.59. The van der Waals surface area contributed by atoms with Crippen LogP contribution in [-0.4, -0.2) is 10.2 Å². The third-order valence-corrected chi connectivity index (χ3v) is 2.94. The lowest BCUT2D eigenvalue weighted by Gasteiger charge is -2.10. The van der Waals surface area contributed by atoms with Crippen LogP contribution in [0.3, 0.4) is 0 Å². The fourth-order valence-electron chi connectivity index (χ4n) is 1.41. The normalized spacial score (nSPS) is 9.83. The summed E-state index contributed by atoms with van der Waals surface area (Å²) in [7, 11) is 0. The Morgan fingerprint density at radius 3 is 2.33 bits per heavy atom. The Kier molecular flexibility index (Phi) is 4.17. The summed E-state index contributed by atoms with van der Waals surface area (Å²) in [5, 5.41) is 15.9. The van der Waals surface area contributed by atoms with E-state index in [1.54, 1.807) is 18.2 Å². The molecule has 0 saturated heterocycles. The second-order valence-electron chi connectivity index (χ2n) is 3.64. The first-order valence-corrected chi connectivity index (χ1v) is 6.46. The molecule has 0 aliphatic heterocycles. The Morgan fingerprint density at radius 2 is 1.67 bits per heavy atom. The van der Waals surface area contributed by atoms with E-state index in [9.17, 15) is 5.11 Å².